The fourth-order valence-electron chi connectivity index (χ4n) is 0.482. The van der Waals surface area contributed by atoms with Crippen LogP contribution >= 0.6 is 22.9 Å². The van der Waals surface area contributed by atoms with Gasteiger partial charge in [0, 0.05) is 22.9 Å². The monoisotopic (exact) mass is 198 g/mol. The Kier molecular flexibility index (Phi) is 1.31. The summed E-state index contributed by atoms with van der Waals surface area (Å²) in [7, 11) is 2.11. The van der Waals surface area contributed by atoms with Crippen LogP contribution < -0.4 is 0 Å². The van der Waals surface area contributed by atoms with E-state index in [1.54, 1.807) is 0 Å². The number of hydrogen-bond donors (Lipinski definition) is 0. The number of halogens is 1. The Morgan fingerprint density at radius 1 is 1.50 bits per heavy atom. The van der Waals surface area contributed by atoms with Crippen LogP contribution in [0.25, 0.3) is 0 Å². The Labute approximate surface area is 51.6 Å². The second-order valence-corrected chi connectivity index (χ2v) is 2.97. The maximum absolute atomic E-state index is 2.30. The third-order valence-corrected chi connectivity index (χ3v) is 1.40. The van der Waals surface area contributed by atoms with Crippen molar-refractivity contribution in [3.8, 4) is 0 Å². The zero-order valence-corrected chi connectivity index (χ0v) is 5.84. The van der Waals surface area contributed by atoms with Crippen molar-refractivity contribution in [2.24, 2.45) is 0 Å². The van der Waals surface area contributed by atoms with Crippen molar-refractivity contribution in [3.05, 3.63) is 0 Å². The third kappa shape index (κ3) is 0.828. The molecule has 0 atom stereocenters. The SMILES string of the molecule is CN1CN(I)C1. The minimum absolute atomic E-state index is 1.13. The number of nitrogens with zero attached hydrogens (tertiary/aromatic N) is 2. The summed E-state index contributed by atoms with van der Waals surface area (Å²) in [6.45, 7) is 2.25. The van der Waals surface area contributed by atoms with E-state index >= 15 is 0 Å². The van der Waals surface area contributed by atoms with Crippen LogP contribution in [0.4, 0.5) is 0 Å². The maximum Gasteiger partial charge on any atom is 0.0621 e. The highest BCUT2D eigenvalue weighted by molar-refractivity contribution is 14.1. The van der Waals surface area contributed by atoms with E-state index in [0.717, 1.165) is 13.3 Å². The molecule has 36 valence electrons. The van der Waals surface area contributed by atoms with E-state index < -0.39 is 0 Å². The molecular weight excluding hydrogens is 191 g/mol. The molecule has 1 aliphatic rings. The predicted octanol–water partition coefficient (Wildman–Crippen LogP) is 0.499. The Morgan fingerprint density at radius 2 is 2.00 bits per heavy atom. The van der Waals surface area contributed by atoms with Crippen molar-refractivity contribution in [2.75, 3.05) is 20.4 Å². The molecule has 0 spiro atoms. The second kappa shape index (κ2) is 1.63. The quantitative estimate of drug-likeness (QED) is 0.413. The lowest BCUT2D eigenvalue weighted by Crippen LogP contribution is -2.46. The average molecular weight is 198 g/mol. The van der Waals surface area contributed by atoms with Gasteiger partial charge in [0.05, 0.1) is 13.3 Å². The smallest absolute Gasteiger partial charge is 0.0621 e. The van der Waals surface area contributed by atoms with Gasteiger partial charge in [0.1, 0.15) is 0 Å². The molecule has 0 amide bonds. The number of rotatable bonds is 0. The fraction of sp³-hybridized carbons (Fsp3) is 1.00. The summed E-state index contributed by atoms with van der Waals surface area (Å²) >= 11 is 2.30. The molecule has 3 heteroatoms. The van der Waals surface area contributed by atoms with Gasteiger partial charge in [-0.25, -0.2) is 3.11 Å². The Hall–Kier alpha value is 0.650. The Morgan fingerprint density at radius 3 is 2.00 bits per heavy atom. The van der Waals surface area contributed by atoms with Crippen LogP contribution in [0.15, 0.2) is 0 Å². The van der Waals surface area contributed by atoms with Gasteiger partial charge in [-0.2, -0.15) is 0 Å². The van der Waals surface area contributed by atoms with Crippen LogP contribution in [-0.4, -0.2) is 28.4 Å². The van der Waals surface area contributed by atoms with Crippen molar-refractivity contribution in [2.45, 2.75) is 0 Å². The van der Waals surface area contributed by atoms with E-state index in [-0.39, 0.29) is 0 Å². The summed E-state index contributed by atoms with van der Waals surface area (Å²) in [4.78, 5) is 2.24. The van der Waals surface area contributed by atoms with Crippen molar-refractivity contribution < 1.29 is 0 Å². The van der Waals surface area contributed by atoms with Crippen LogP contribution in [0.2, 0.25) is 0 Å². The highest BCUT2D eigenvalue weighted by atomic mass is 127. The number of hydrogen-bond acceptors (Lipinski definition) is 2. The molecule has 2 nitrogen and oxygen atoms in total. The lowest BCUT2D eigenvalue weighted by molar-refractivity contribution is 0.0960. The van der Waals surface area contributed by atoms with Crippen LogP contribution in [-0.2, 0) is 0 Å². The minimum atomic E-state index is 1.13. The van der Waals surface area contributed by atoms with E-state index in [2.05, 4.69) is 37.9 Å². The van der Waals surface area contributed by atoms with Gasteiger partial charge in [-0.1, -0.05) is 0 Å². The molecule has 1 fully saturated rings. The molecular formula is C3H7IN2. The zero-order chi connectivity index (χ0) is 4.57. The van der Waals surface area contributed by atoms with Crippen molar-refractivity contribution >= 4 is 22.9 Å². The van der Waals surface area contributed by atoms with Crippen molar-refractivity contribution in [1.82, 2.24) is 8.01 Å². The molecule has 1 heterocycles. The molecule has 0 bridgehead atoms. The highest BCUT2D eigenvalue weighted by Crippen LogP contribution is 2.09. The molecule has 0 aliphatic carbocycles. The molecule has 0 N–H and O–H groups in total. The van der Waals surface area contributed by atoms with Crippen molar-refractivity contribution in [1.29, 1.82) is 0 Å². The lowest BCUT2D eigenvalue weighted by atomic mass is 10.7. The fourth-order valence-corrected chi connectivity index (χ4v) is 1.52. The summed E-state index contributed by atoms with van der Waals surface area (Å²) < 4.78 is 2.22. The van der Waals surface area contributed by atoms with Gasteiger partial charge in [0.15, 0.2) is 0 Å². The van der Waals surface area contributed by atoms with Gasteiger partial charge in [0.2, 0.25) is 0 Å². The standard InChI is InChI=1S/C3H7IN2/c1-5-2-6(4)3-5/h2-3H2,1H3. The molecule has 0 saturated carbocycles. The van der Waals surface area contributed by atoms with Gasteiger partial charge < -0.3 is 0 Å². The average Bonchev–Trinajstić information content (AvgIpc) is 1.33. The molecule has 6 heavy (non-hydrogen) atoms. The molecule has 1 saturated heterocycles. The molecule has 0 aromatic carbocycles. The van der Waals surface area contributed by atoms with E-state index in [1.165, 1.54) is 0 Å². The van der Waals surface area contributed by atoms with Gasteiger partial charge in [0.25, 0.3) is 0 Å². The van der Waals surface area contributed by atoms with E-state index in [9.17, 15) is 0 Å². The predicted molar refractivity (Wildman–Crippen MR) is 33.4 cm³/mol. The van der Waals surface area contributed by atoms with Gasteiger partial charge in [-0.15, -0.1) is 0 Å². The van der Waals surface area contributed by atoms with Gasteiger partial charge >= 0.3 is 0 Å². The molecule has 0 unspecified atom stereocenters. The largest absolute Gasteiger partial charge is 0.279 e. The minimum Gasteiger partial charge on any atom is -0.279 e. The van der Waals surface area contributed by atoms with Crippen LogP contribution in [0.1, 0.15) is 0 Å². The van der Waals surface area contributed by atoms with Crippen LogP contribution in [0.3, 0.4) is 0 Å². The molecule has 1 rings (SSSR count). The normalized spacial score (nSPS) is 27.0. The Balaban J connectivity index is 2.11. The highest BCUT2D eigenvalue weighted by Gasteiger charge is 2.14. The molecule has 1 aliphatic heterocycles. The second-order valence-electron chi connectivity index (χ2n) is 1.60. The summed E-state index contributed by atoms with van der Waals surface area (Å²) in [5, 5.41) is 0. The first kappa shape index (κ1) is 4.80. The van der Waals surface area contributed by atoms with E-state index in [4.69, 9.17) is 0 Å². The topological polar surface area (TPSA) is 6.48 Å². The summed E-state index contributed by atoms with van der Waals surface area (Å²) in [6.07, 6.45) is 0. The van der Waals surface area contributed by atoms with Crippen molar-refractivity contribution in [3.63, 3.8) is 0 Å². The first-order chi connectivity index (χ1) is 2.79. The summed E-state index contributed by atoms with van der Waals surface area (Å²) in [5.74, 6) is 0. The zero-order valence-electron chi connectivity index (χ0n) is 3.69. The van der Waals surface area contributed by atoms with Crippen LogP contribution in [0.5, 0.6) is 0 Å². The third-order valence-electron chi connectivity index (χ3n) is 0.790. The molecule has 0 aromatic heterocycles. The summed E-state index contributed by atoms with van der Waals surface area (Å²) in [5.41, 5.74) is 0. The van der Waals surface area contributed by atoms with Gasteiger partial charge in [-0.3, -0.25) is 4.90 Å². The maximum atomic E-state index is 2.30. The first-order valence-electron chi connectivity index (χ1n) is 1.88. The summed E-state index contributed by atoms with van der Waals surface area (Å²) in [6, 6.07) is 0. The van der Waals surface area contributed by atoms with E-state index in [1.807, 2.05) is 0 Å². The lowest BCUT2D eigenvalue weighted by Gasteiger charge is -2.34. The van der Waals surface area contributed by atoms with E-state index in [0.29, 0.717) is 0 Å². The Bertz CT molecular complexity index is 44.8. The first-order valence-corrected chi connectivity index (χ1v) is 2.85. The van der Waals surface area contributed by atoms with Gasteiger partial charge in [-0.05, 0) is 7.05 Å². The van der Waals surface area contributed by atoms with Crippen LogP contribution in [0, 0.1) is 0 Å². The molecule has 0 aromatic rings. The molecule has 0 radical (unpaired) electrons.